The van der Waals surface area contributed by atoms with Crippen LogP contribution in [0.1, 0.15) is 38.2 Å². The van der Waals surface area contributed by atoms with E-state index in [9.17, 15) is 0 Å². The smallest absolute Gasteiger partial charge is 0.193 e. The molecular formula is C18H29N5. The Hall–Kier alpha value is -1.78. The number of likely N-dealkylation sites (tertiary alicyclic amines) is 1. The van der Waals surface area contributed by atoms with E-state index in [0.717, 1.165) is 50.4 Å². The maximum Gasteiger partial charge on any atom is 0.193 e. The number of pyridine rings is 1. The van der Waals surface area contributed by atoms with Crippen LogP contribution in [0, 0.1) is 5.92 Å². The van der Waals surface area contributed by atoms with Crippen LogP contribution in [-0.4, -0.2) is 49.1 Å². The third-order valence-corrected chi connectivity index (χ3v) is 4.86. The summed E-state index contributed by atoms with van der Waals surface area (Å²) in [6.07, 6.45) is 7.15. The lowest BCUT2D eigenvalue weighted by Crippen LogP contribution is -2.45. The Kier molecular flexibility index (Phi) is 5.36. The molecule has 1 unspecified atom stereocenters. The van der Waals surface area contributed by atoms with Crippen LogP contribution in [0.3, 0.4) is 0 Å². The molecule has 3 rings (SSSR count). The van der Waals surface area contributed by atoms with Gasteiger partial charge in [0, 0.05) is 46.0 Å². The highest BCUT2D eigenvalue weighted by Crippen LogP contribution is 2.18. The normalized spacial score (nSPS) is 22.5. The van der Waals surface area contributed by atoms with Gasteiger partial charge in [-0.15, -0.1) is 0 Å². The second kappa shape index (κ2) is 7.66. The molecule has 3 heterocycles. The summed E-state index contributed by atoms with van der Waals surface area (Å²) in [5, 5.41) is 3.49. The van der Waals surface area contributed by atoms with Crippen molar-refractivity contribution in [2.45, 2.75) is 39.2 Å². The molecule has 2 aliphatic heterocycles. The Bertz CT molecular complexity index is 519. The van der Waals surface area contributed by atoms with E-state index in [-0.39, 0.29) is 0 Å². The standard InChI is InChI=1S/C18H29N5/c1-15-6-5-11-23(14-15)18(19-2)21-13-16-7-8-17(20-12-16)22-9-3-4-10-22/h7-8,12,15H,3-6,9-11,13-14H2,1-2H3,(H,19,21). The molecule has 23 heavy (non-hydrogen) atoms. The van der Waals surface area contributed by atoms with Crippen LogP contribution in [0.15, 0.2) is 23.3 Å². The summed E-state index contributed by atoms with van der Waals surface area (Å²) >= 11 is 0. The molecule has 2 saturated heterocycles. The molecule has 5 nitrogen and oxygen atoms in total. The maximum atomic E-state index is 4.62. The summed E-state index contributed by atoms with van der Waals surface area (Å²) in [4.78, 5) is 13.8. The van der Waals surface area contributed by atoms with Gasteiger partial charge < -0.3 is 15.1 Å². The van der Waals surface area contributed by atoms with Gasteiger partial charge in [-0.25, -0.2) is 4.98 Å². The summed E-state index contributed by atoms with van der Waals surface area (Å²) in [5.74, 6) is 2.88. The lowest BCUT2D eigenvalue weighted by molar-refractivity contribution is 0.266. The van der Waals surface area contributed by atoms with Crippen molar-refractivity contribution < 1.29 is 0 Å². The average Bonchev–Trinajstić information content (AvgIpc) is 3.11. The van der Waals surface area contributed by atoms with E-state index in [4.69, 9.17) is 0 Å². The molecule has 0 aliphatic carbocycles. The first-order valence-corrected chi connectivity index (χ1v) is 8.92. The van der Waals surface area contributed by atoms with Gasteiger partial charge in [-0.3, -0.25) is 4.99 Å². The van der Waals surface area contributed by atoms with Gasteiger partial charge in [0.15, 0.2) is 5.96 Å². The van der Waals surface area contributed by atoms with E-state index in [2.05, 4.69) is 44.1 Å². The van der Waals surface area contributed by atoms with Crippen LogP contribution < -0.4 is 10.2 Å². The van der Waals surface area contributed by atoms with Crippen molar-refractivity contribution in [2.24, 2.45) is 10.9 Å². The summed E-state index contributed by atoms with van der Waals surface area (Å²) < 4.78 is 0. The zero-order valence-electron chi connectivity index (χ0n) is 14.5. The second-order valence-electron chi connectivity index (χ2n) is 6.81. The molecule has 1 aromatic heterocycles. The highest BCUT2D eigenvalue weighted by molar-refractivity contribution is 5.80. The third-order valence-electron chi connectivity index (χ3n) is 4.86. The van der Waals surface area contributed by atoms with Crippen molar-refractivity contribution in [2.75, 3.05) is 38.1 Å². The monoisotopic (exact) mass is 315 g/mol. The van der Waals surface area contributed by atoms with Crippen molar-refractivity contribution >= 4 is 11.8 Å². The van der Waals surface area contributed by atoms with Gasteiger partial charge in [0.2, 0.25) is 0 Å². The summed E-state index contributed by atoms with van der Waals surface area (Å²) in [7, 11) is 1.87. The number of hydrogen-bond acceptors (Lipinski definition) is 3. The number of nitrogens with zero attached hydrogens (tertiary/aromatic N) is 4. The second-order valence-corrected chi connectivity index (χ2v) is 6.81. The first kappa shape index (κ1) is 16.1. The molecule has 2 fully saturated rings. The first-order valence-electron chi connectivity index (χ1n) is 8.92. The van der Waals surface area contributed by atoms with Crippen molar-refractivity contribution in [1.29, 1.82) is 0 Å². The molecule has 126 valence electrons. The minimum Gasteiger partial charge on any atom is -0.357 e. The van der Waals surface area contributed by atoms with E-state index in [1.807, 2.05) is 13.2 Å². The minimum atomic E-state index is 0.753. The Morgan fingerprint density at radius 3 is 2.74 bits per heavy atom. The number of aromatic nitrogens is 1. The summed E-state index contributed by atoms with van der Waals surface area (Å²) in [5.41, 5.74) is 1.21. The number of nitrogens with one attached hydrogen (secondary N) is 1. The first-order chi connectivity index (χ1) is 11.3. The molecule has 2 aliphatic rings. The summed E-state index contributed by atoms with van der Waals surface area (Å²) in [6, 6.07) is 4.33. The molecule has 0 aromatic carbocycles. The number of guanidine groups is 1. The fraction of sp³-hybridized carbons (Fsp3) is 0.667. The quantitative estimate of drug-likeness (QED) is 0.687. The highest BCUT2D eigenvalue weighted by Gasteiger charge is 2.19. The van der Waals surface area contributed by atoms with Crippen molar-refractivity contribution in [1.82, 2.24) is 15.2 Å². The van der Waals surface area contributed by atoms with Crippen molar-refractivity contribution in [3.8, 4) is 0 Å². The van der Waals surface area contributed by atoms with E-state index in [0.29, 0.717) is 0 Å². The van der Waals surface area contributed by atoms with Crippen LogP contribution in [-0.2, 0) is 6.54 Å². The van der Waals surface area contributed by atoms with Gasteiger partial charge in [-0.1, -0.05) is 13.0 Å². The van der Waals surface area contributed by atoms with Crippen LogP contribution in [0.5, 0.6) is 0 Å². The minimum absolute atomic E-state index is 0.753. The topological polar surface area (TPSA) is 43.8 Å². The van der Waals surface area contributed by atoms with Crippen molar-refractivity contribution in [3.63, 3.8) is 0 Å². The molecule has 0 radical (unpaired) electrons. The Morgan fingerprint density at radius 1 is 1.26 bits per heavy atom. The van der Waals surface area contributed by atoms with Gasteiger partial charge >= 0.3 is 0 Å². The fourth-order valence-corrected chi connectivity index (χ4v) is 3.55. The maximum absolute atomic E-state index is 4.62. The third kappa shape index (κ3) is 4.15. The molecule has 0 saturated carbocycles. The molecular weight excluding hydrogens is 286 g/mol. The number of aliphatic imine (C=N–C) groups is 1. The number of piperidine rings is 1. The highest BCUT2D eigenvalue weighted by atomic mass is 15.3. The zero-order valence-corrected chi connectivity index (χ0v) is 14.5. The number of hydrogen-bond donors (Lipinski definition) is 1. The largest absolute Gasteiger partial charge is 0.357 e. The zero-order chi connectivity index (χ0) is 16.1. The molecule has 0 bridgehead atoms. The van der Waals surface area contributed by atoms with Crippen LogP contribution in [0.4, 0.5) is 5.82 Å². The van der Waals surface area contributed by atoms with Crippen LogP contribution >= 0.6 is 0 Å². The van der Waals surface area contributed by atoms with E-state index in [1.54, 1.807) is 0 Å². The predicted molar refractivity (Wildman–Crippen MR) is 95.9 cm³/mol. The summed E-state index contributed by atoms with van der Waals surface area (Å²) in [6.45, 7) is 7.60. The van der Waals surface area contributed by atoms with Gasteiger partial charge in [0.25, 0.3) is 0 Å². The lowest BCUT2D eigenvalue weighted by Gasteiger charge is -2.33. The molecule has 0 amide bonds. The Morgan fingerprint density at radius 2 is 2.09 bits per heavy atom. The molecule has 1 atom stereocenters. The average molecular weight is 315 g/mol. The predicted octanol–water partition coefficient (Wildman–Crippen LogP) is 2.49. The van der Waals surface area contributed by atoms with E-state index >= 15 is 0 Å². The molecule has 1 aromatic rings. The van der Waals surface area contributed by atoms with Gasteiger partial charge in [-0.2, -0.15) is 0 Å². The van der Waals surface area contributed by atoms with E-state index < -0.39 is 0 Å². The van der Waals surface area contributed by atoms with Crippen LogP contribution in [0.2, 0.25) is 0 Å². The fourth-order valence-electron chi connectivity index (χ4n) is 3.55. The Labute approximate surface area is 139 Å². The number of rotatable bonds is 3. The Balaban J connectivity index is 1.54. The molecule has 0 spiro atoms. The van der Waals surface area contributed by atoms with Gasteiger partial charge in [-0.05, 0) is 43.2 Å². The lowest BCUT2D eigenvalue weighted by atomic mass is 10.0. The molecule has 5 heteroatoms. The SMILES string of the molecule is CN=C(NCc1ccc(N2CCCC2)nc1)N1CCCC(C)C1. The van der Waals surface area contributed by atoms with Gasteiger partial charge in [0.1, 0.15) is 5.82 Å². The van der Waals surface area contributed by atoms with E-state index in [1.165, 1.54) is 31.2 Å². The van der Waals surface area contributed by atoms with Crippen molar-refractivity contribution in [3.05, 3.63) is 23.9 Å². The van der Waals surface area contributed by atoms with Gasteiger partial charge in [0.05, 0.1) is 0 Å². The molecule has 1 N–H and O–H groups in total. The number of anilines is 1. The van der Waals surface area contributed by atoms with Crippen LogP contribution in [0.25, 0.3) is 0 Å².